The van der Waals surface area contributed by atoms with Crippen LogP contribution >= 0.6 is 15.9 Å². The Balaban J connectivity index is 1.75. The zero-order valence-electron chi connectivity index (χ0n) is 9.66. The third-order valence-corrected chi connectivity index (χ3v) is 4.31. The van der Waals surface area contributed by atoms with Crippen molar-refractivity contribution in [3.8, 4) is 0 Å². The molecule has 2 aliphatic heterocycles. The minimum Gasteiger partial charge on any atom is -0.374 e. The molecule has 0 unspecified atom stereocenters. The van der Waals surface area contributed by atoms with Gasteiger partial charge in [0.15, 0.2) is 0 Å². The summed E-state index contributed by atoms with van der Waals surface area (Å²) in [5.41, 5.74) is 0.213. The largest absolute Gasteiger partial charge is 0.374 e. The minimum atomic E-state index is -0.429. The van der Waals surface area contributed by atoms with Crippen LogP contribution in [-0.4, -0.2) is 18.1 Å². The van der Waals surface area contributed by atoms with E-state index in [-0.39, 0.29) is 29.7 Å². The maximum absolute atomic E-state index is 13.6. The average molecular weight is 314 g/mol. The van der Waals surface area contributed by atoms with Gasteiger partial charge in [-0.05, 0) is 47.3 Å². The van der Waals surface area contributed by atoms with Crippen LogP contribution in [0, 0.1) is 11.7 Å². The summed E-state index contributed by atoms with van der Waals surface area (Å²) in [6.45, 7) is 0. The predicted molar refractivity (Wildman–Crippen MR) is 68.7 cm³/mol. The summed E-state index contributed by atoms with van der Waals surface area (Å²) in [6, 6.07) is 4.63. The summed E-state index contributed by atoms with van der Waals surface area (Å²) in [6.07, 6.45) is 2.96. The number of rotatable bonds is 2. The van der Waals surface area contributed by atoms with Crippen LogP contribution in [0.25, 0.3) is 0 Å². The molecule has 2 aliphatic rings. The van der Waals surface area contributed by atoms with Crippen molar-refractivity contribution in [2.24, 2.45) is 5.92 Å². The molecule has 0 radical (unpaired) electrons. The standard InChI is InChI=1S/C13H13BrFNO2/c14-9-2-1-3-10(15)12(9)16-13(17)8-6-7-4-5-11(8)18-7/h1-3,7-8,11H,4-6H2,(H,16,17)/t7-,8+,11+/m1/s1. The Bertz CT molecular complexity index is 474. The Labute approximate surface area is 113 Å². The van der Waals surface area contributed by atoms with Crippen molar-refractivity contribution in [3.05, 3.63) is 28.5 Å². The highest BCUT2D eigenvalue weighted by Gasteiger charge is 2.44. The molecule has 3 rings (SSSR count). The SMILES string of the molecule is O=C(Nc1c(F)cccc1Br)[C@H]1C[C@H]2CC[C@@H]1O2. The van der Waals surface area contributed by atoms with Crippen LogP contribution in [0.4, 0.5) is 10.1 Å². The topological polar surface area (TPSA) is 38.3 Å². The van der Waals surface area contributed by atoms with E-state index in [9.17, 15) is 9.18 Å². The number of ether oxygens (including phenoxy) is 1. The molecule has 18 heavy (non-hydrogen) atoms. The van der Waals surface area contributed by atoms with Gasteiger partial charge in [-0.3, -0.25) is 4.79 Å². The highest BCUT2D eigenvalue weighted by atomic mass is 79.9. The van der Waals surface area contributed by atoms with Crippen LogP contribution in [-0.2, 0) is 9.53 Å². The second-order valence-electron chi connectivity index (χ2n) is 4.80. The van der Waals surface area contributed by atoms with E-state index < -0.39 is 5.82 Å². The van der Waals surface area contributed by atoms with Crippen molar-refractivity contribution in [1.29, 1.82) is 0 Å². The first kappa shape index (κ1) is 12.1. The van der Waals surface area contributed by atoms with Gasteiger partial charge in [0, 0.05) is 4.47 Å². The maximum Gasteiger partial charge on any atom is 0.230 e. The van der Waals surface area contributed by atoms with Gasteiger partial charge in [0.2, 0.25) is 5.91 Å². The van der Waals surface area contributed by atoms with Crippen molar-refractivity contribution in [3.63, 3.8) is 0 Å². The molecular formula is C13H13BrFNO2. The molecule has 2 fully saturated rings. The van der Waals surface area contributed by atoms with Crippen molar-refractivity contribution >= 4 is 27.5 Å². The van der Waals surface area contributed by atoms with Crippen LogP contribution in [0.15, 0.2) is 22.7 Å². The Hall–Kier alpha value is -0.940. The van der Waals surface area contributed by atoms with Gasteiger partial charge in [0.05, 0.1) is 23.8 Å². The van der Waals surface area contributed by atoms with Crippen LogP contribution in [0.5, 0.6) is 0 Å². The van der Waals surface area contributed by atoms with E-state index in [4.69, 9.17) is 4.74 Å². The van der Waals surface area contributed by atoms with Crippen LogP contribution in [0.3, 0.4) is 0 Å². The zero-order chi connectivity index (χ0) is 12.7. The lowest BCUT2D eigenvalue weighted by atomic mass is 9.88. The van der Waals surface area contributed by atoms with Gasteiger partial charge >= 0.3 is 0 Å². The summed E-state index contributed by atoms with van der Waals surface area (Å²) in [5.74, 6) is -0.718. The first-order valence-corrected chi connectivity index (χ1v) is 6.85. The molecule has 3 nitrogen and oxygen atoms in total. The average Bonchev–Trinajstić information content (AvgIpc) is 2.96. The van der Waals surface area contributed by atoms with E-state index in [1.807, 2.05) is 0 Å². The summed E-state index contributed by atoms with van der Waals surface area (Å²) >= 11 is 3.24. The molecule has 0 aromatic heterocycles. The minimum absolute atomic E-state index is 0.0144. The van der Waals surface area contributed by atoms with Gasteiger partial charge in [0.25, 0.3) is 0 Å². The highest BCUT2D eigenvalue weighted by molar-refractivity contribution is 9.10. The predicted octanol–water partition coefficient (Wildman–Crippen LogP) is 3.09. The number of benzene rings is 1. The fourth-order valence-electron chi connectivity index (χ4n) is 2.75. The van der Waals surface area contributed by atoms with Crippen molar-refractivity contribution < 1.29 is 13.9 Å². The molecule has 96 valence electrons. The third-order valence-electron chi connectivity index (χ3n) is 3.65. The molecular weight excluding hydrogens is 301 g/mol. The number of hydrogen-bond acceptors (Lipinski definition) is 2. The molecule has 1 N–H and O–H groups in total. The molecule has 0 saturated carbocycles. The van der Waals surface area contributed by atoms with Crippen LogP contribution in [0.1, 0.15) is 19.3 Å². The van der Waals surface area contributed by atoms with Crippen molar-refractivity contribution in [2.45, 2.75) is 31.5 Å². The number of fused-ring (bicyclic) bond motifs is 2. The quantitative estimate of drug-likeness (QED) is 0.911. The number of carbonyl (C=O) groups excluding carboxylic acids is 1. The van der Waals surface area contributed by atoms with Gasteiger partial charge in [-0.25, -0.2) is 4.39 Å². The van der Waals surface area contributed by atoms with Crippen LogP contribution < -0.4 is 5.32 Å². The number of amides is 1. The van der Waals surface area contributed by atoms with E-state index >= 15 is 0 Å². The van der Waals surface area contributed by atoms with E-state index in [0.29, 0.717) is 4.47 Å². The second kappa shape index (κ2) is 4.63. The van der Waals surface area contributed by atoms with Gasteiger partial charge in [-0.2, -0.15) is 0 Å². The molecule has 2 heterocycles. The summed E-state index contributed by atoms with van der Waals surface area (Å²) in [4.78, 5) is 12.1. The monoisotopic (exact) mass is 313 g/mol. The zero-order valence-corrected chi connectivity index (χ0v) is 11.2. The molecule has 1 aromatic rings. The van der Waals surface area contributed by atoms with E-state index in [1.165, 1.54) is 6.07 Å². The van der Waals surface area contributed by atoms with Gasteiger partial charge in [-0.15, -0.1) is 0 Å². The molecule has 0 aliphatic carbocycles. The van der Waals surface area contributed by atoms with E-state index in [0.717, 1.165) is 19.3 Å². The fraction of sp³-hybridized carbons (Fsp3) is 0.462. The molecule has 5 heteroatoms. The molecule has 0 spiro atoms. The summed E-state index contributed by atoms with van der Waals surface area (Å²) in [7, 11) is 0. The lowest BCUT2D eigenvalue weighted by Gasteiger charge is -2.18. The molecule has 3 atom stereocenters. The number of nitrogens with one attached hydrogen (secondary N) is 1. The van der Waals surface area contributed by atoms with E-state index in [2.05, 4.69) is 21.2 Å². The highest BCUT2D eigenvalue weighted by Crippen LogP contribution is 2.39. The lowest BCUT2D eigenvalue weighted by Crippen LogP contribution is -2.30. The van der Waals surface area contributed by atoms with Gasteiger partial charge in [0.1, 0.15) is 5.82 Å². The summed E-state index contributed by atoms with van der Waals surface area (Å²) in [5, 5.41) is 2.66. The fourth-order valence-corrected chi connectivity index (χ4v) is 3.19. The molecule has 2 saturated heterocycles. The number of para-hydroxylation sites is 1. The molecule has 1 amide bonds. The third kappa shape index (κ3) is 2.06. The number of anilines is 1. The Morgan fingerprint density at radius 2 is 2.28 bits per heavy atom. The Morgan fingerprint density at radius 1 is 1.44 bits per heavy atom. The first-order chi connectivity index (χ1) is 8.65. The van der Waals surface area contributed by atoms with E-state index in [1.54, 1.807) is 12.1 Å². The smallest absolute Gasteiger partial charge is 0.230 e. The maximum atomic E-state index is 13.6. The molecule has 1 aromatic carbocycles. The van der Waals surface area contributed by atoms with Crippen molar-refractivity contribution in [1.82, 2.24) is 0 Å². The molecule has 2 bridgehead atoms. The van der Waals surface area contributed by atoms with Crippen molar-refractivity contribution in [2.75, 3.05) is 5.32 Å². The van der Waals surface area contributed by atoms with Gasteiger partial charge in [-0.1, -0.05) is 6.07 Å². The number of hydrogen-bond donors (Lipinski definition) is 1. The van der Waals surface area contributed by atoms with Gasteiger partial charge < -0.3 is 10.1 Å². The van der Waals surface area contributed by atoms with Crippen LogP contribution in [0.2, 0.25) is 0 Å². The lowest BCUT2D eigenvalue weighted by molar-refractivity contribution is -0.121. The normalized spacial score (nSPS) is 29.6. The number of halogens is 2. The first-order valence-electron chi connectivity index (χ1n) is 6.05. The summed E-state index contributed by atoms with van der Waals surface area (Å²) < 4.78 is 19.8. The Kier molecular flexibility index (Phi) is 3.11. The second-order valence-corrected chi connectivity index (χ2v) is 5.66. The number of carbonyl (C=O) groups is 1. The Morgan fingerprint density at radius 3 is 2.89 bits per heavy atom.